The molecule has 1 aromatic carbocycles. The van der Waals surface area contributed by atoms with Crippen molar-refractivity contribution in [2.45, 2.75) is 77.2 Å². The van der Waals surface area contributed by atoms with Gasteiger partial charge in [-0.15, -0.1) is 0 Å². The molecule has 4 heterocycles. The van der Waals surface area contributed by atoms with Gasteiger partial charge in [0.25, 0.3) is 5.91 Å². The highest BCUT2D eigenvalue weighted by atomic mass is 16.6. The zero-order valence-corrected chi connectivity index (χ0v) is 24.3. The van der Waals surface area contributed by atoms with E-state index in [-0.39, 0.29) is 35.4 Å². The highest BCUT2D eigenvalue weighted by Crippen LogP contribution is 2.52. The summed E-state index contributed by atoms with van der Waals surface area (Å²) in [6.45, 7) is 7.82. The Morgan fingerprint density at radius 1 is 1.15 bits per heavy atom. The lowest BCUT2D eigenvalue weighted by molar-refractivity contribution is -0.0371. The number of piperidine rings is 1. The first-order valence-electron chi connectivity index (χ1n) is 14.6. The monoisotopic (exact) mass is 561 g/mol. The van der Waals surface area contributed by atoms with E-state index in [1.807, 2.05) is 26.8 Å². The smallest absolute Gasteiger partial charge is 0.408 e. The molecule has 2 atom stereocenters. The predicted octanol–water partition coefficient (Wildman–Crippen LogP) is 4.29. The number of hydrogen-bond donors (Lipinski definition) is 2. The largest absolute Gasteiger partial charge is 0.444 e. The van der Waals surface area contributed by atoms with E-state index in [0.29, 0.717) is 17.8 Å². The van der Waals surface area contributed by atoms with Gasteiger partial charge in [0, 0.05) is 32.2 Å². The molecule has 1 spiro atoms. The summed E-state index contributed by atoms with van der Waals surface area (Å²) < 4.78 is 13.4. The number of nitrogens with zero attached hydrogens (tertiary/aromatic N) is 5. The molecule has 2 aliphatic heterocycles. The summed E-state index contributed by atoms with van der Waals surface area (Å²) in [5, 5.41) is 10.5. The number of benzene rings is 1. The lowest BCUT2D eigenvalue weighted by Crippen LogP contribution is -2.48. The standard InChI is InChI=1S/C30H39N7O4/c1-29(2,3)41-28(39)34-25-20-10-6-5-9-19(20)17-30(25)12-14-36(15-13-30)21-18-32-23-24(27(38)31-4)35-37(26(23)33-21)22-11-7-8-16-40-22/h5-6,9-10,18,22,25H,7-8,11-17H2,1-4H3,(H,31,38)(H,34,39). The third kappa shape index (κ3) is 5.23. The normalized spacial score (nSPS) is 22.0. The molecule has 11 heteroatoms. The van der Waals surface area contributed by atoms with Gasteiger partial charge in [-0.3, -0.25) is 4.79 Å². The Morgan fingerprint density at radius 3 is 2.63 bits per heavy atom. The fourth-order valence-electron chi connectivity index (χ4n) is 6.53. The van der Waals surface area contributed by atoms with Gasteiger partial charge in [-0.05, 0) is 70.4 Å². The average Bonchev–Trinajstić information content (AvgIpc) is 3.48. The number of amides is 2. The molecule has 2 unspecified atom stereocenters. The van der Waals surface area contributed by atoms with E-state index in [1.165, 1.54) is 11.1 Å². The second-order valence-corrected chi connectivity index (χ2v) is 12.4. The van der Waals surface area contributed by atoms with Crippen molar-refractivity contribution < 1.29 is 19.1 Å². The number of hydrogen-bond acceptors (Lipinski definition) is 8. The van der Waals surface area contributed by atoms with E-state index in [2.05, 4.69) is 43.8 Å². The van der Waals surface area contributed by atoms with E-state index in [9.17, 15) is 9.59 Å². The van der Waals surface area contributed by atoms with E-state index in [1.54, 1.807) is 17.9 Å². The lowest BCUT2D eigenvalue weighted by atomic mass is 9.72. The minimum Gasteiger partial charge on any atom is -0.444 e. The topological polar surface area (TPSA) is 124 Å². The summed E-state index contributed by atoms with van der Waals surface area (Å²) >= 11 is 0. The molecule has 2 N–H and O–H groups in total. The molecule has 11 nitrogen and oxygen atoms in total. The number of rotatable bonds is 4. The molecule has 2 fully saturated rings. The Kier molecular flexibility index (Phi) is 7.09. The number of aromatic nitrogens is 4. The average molecular weight is 562 g/mol. The van der Waals surface area contributed by atoms with Gasteiger partial charge < -0.3 is 25.0 Å². The summed E-state index contributed by atoms with van der Waals surface area (Å²) in [4.78, 5) is 37.4. The van der Waals surface area contributed by atoms with Gasteiger partial charge in [0.2, 0.25) is 0 Å². The number of ether oxygens (including phenoxy) is 2. The van der Waals surface area contributed by atoms with Crippen LogP contribution < -0.4 is 15.5 Å². The van der Waals surface area contributed by atoms with Crippen LogP contribution in [0.2, 0.25) is 0 Å². The summed E-state index contributed by atoms with van der Waals surface area (Å²) in [6.07, 6.45) is 6.59. The first-order valence-corrected chi connectivity index (χ1v) is 14.6. The van der Waals surface area contributed by atoms with Gasteiger partial charge in [-0.1, -0.05) is 24.3 Å². The van der Waals surface area contributed by atoms with Gasteiger partial charge in [0.05, 0.1) is 12.2 Å². The fraction of sp³-hybridized carbons (Fsp3) is 0.567. The number of carbonyl (C=O) groups excluding carboxylic acids is 2. The quantitative estimate of drug-likeness (QED) is 0.484. The molecule has 41 heavy (non-hydrogen) atoms. The molecule has 3 aromatic rings. The molecule has 0 radical (unpaired) electrons. The van der Waals surface area contributed by atoms with Crippen molar-refractivity contribution in [2.75, 3.05) is 31.6 Å². The van der Waals surface area contributed by atoms with Crippen LogP contribution in [-0.4, -0.2) is 64.1 Å². The molecule has 2 amide bonds. The van der Waals surface area contributed by atoms with Gasteiger partial charge >= 0.3 is 6.09 Å². The van der Waals surface area contributed by atoms with Crippen LogP contribution in [0.5, 0.6) is 0 Å². The number of nitrogens with one attached hydrogen (secondary N) is 2. The maximum Gasteiger partial charge on any atom is 0.408 e. The van der Waals surface area contributed by atoms with Gasteiger partial charge in [-0.2, -0.15) is 5.10 Å². The SMILES string of the molecule is CNC(=O)c1nn(C2CCCCO2)c2nc(N3CCC4(CC3)Cc3ccccc3C4NC(=O)OC(C)(C)C)cnc12. The number of alkyl carbamates (subject to hydrolysis) is 1. The van der Waals surface area contributed by atoms with Crippen LogP contribution in [-0.2, 0) is 15.9 Å². The first-order chi connectivity index (χ1) is 19.7. The Morgan fingerprint density at radius 2 is 1.93 bits per heavy atom. The van der Waals surface area contributed by atoms with Crippen molar-refractivity contribution in [3.63, 3.8) is 0 Å². The van der Waals surface area contributed by atoms with Gasteiger partial charge in [-0.25, -0.2) is 19.4 Å². The van der Waals surface area contributed by atoms with Gasteiger partial charge in [0.15, 0.2) is 17.6 Å². The zero-order valence-electron chi connectivity index (χ0n) is 24.3. The van der Waals surface area contributed by atoms with Crippen LogP contribution >= 0.6 is 0 Å². The summed E-state index contributed by atoms with van der Waals surface area (Å²) in [7, 11) is 1.59. The van der Waals surface area contributed by atoms with E-state index in [0.717, 1.165) is 57.4 Å². The Bertz CT molecular complexity index is 1450. The van der Waals surface area contributed by atoms with E-state index in [4.69, 9.17) is 14.5 Å². The molecule has 6 rings (SSSR count). The second kappa shape index (κ2) is 10.6. The number of fused-ring (bicyclic) bond motifs is 2. The molecular formula is C30H39N7O4. The van der Waals surface area contributed by atoms with Crippen molar-refractivity contribution in [3.8, 4) is 0 Å². The van der Waals surface area contributed by atoms with Crippen molar-refractivity contribution in [1.82, 2.24) is 30.4 Å². The minimum absolute atomic E-state index is 0.112. The second-order valence-electron chi connectivity index (χ2n) is 12.4. The van der Waals surface area contributed by atoms with Crippen LogP contribution in [0, 0.1) is 5.41 Å². The molecule has 2 saturated heterocycles. The molecule has 0 bridgehead atoms. The third-order valence-electron chi connectivity index (χ3n) is 8.53. The molecule has 2 aromatic heterocycles. The lowest BCUT2D eigenvalue weighted by Gasteiger charge is -2.43. The van der Waals surface area contributed by atoms with Crippen molar-refractivity contribution in [2.24, 2.45) is 5.41 Å². The molecule has 1 aliphatic carbocycles. The summed E-state index contributed by atoms with van der Waals surface area (Å²) in [6, 6.07) is 8.26. The Hall–Kier alpha value is -3.73. The van der Waals surface area contributed by atoms with Crippen LogP contribution in [0.3, 0.4) is 0 Å². The number of anilines is 1. The molecular weight excluding hydrogens is 522 g/mol. The van der Waals surface area contributed by atoms with E-state index < -0.39 is 5.60 Å². The Labute approximate surface area is 240 Å². The highest BCUT2D eigenvalue weighted by Gasteiger charge is 2.49. The zero-order chi connectivity index (χ0) is 28.8. The van der Waals surface area contributed by atoms with E-state index >= 15 is 0 Å². The maximum atomic E-state index is 12.9. The van der Waals surface area contributed by atoms with Crippen molar-refractivity contribution >= 4 is 29.0 Å². The maximum absolute atomic E-state index is 12.9. The van der Waals surface area contributed by atoms with Crippen LogP contribution in [0.4, 0.5) is 10.6 Å². The van der Waals surface area contributed by atoms with Crippen molar-refractivity contribution in [3.05, 3.63) is 47.3 Å². The van der Waals surface area contributed by atoms with Gasteiger partial charge in [0.1, 0.15) is 16.9 Å². The molecule has 0 saturated carbocycles. The van der Waals surface area contributed by atoms with Crippen LogP contribution in [0.1, 0.15) is 86.8 Å². The fourth-order valence-corrected chi connectivity index (χ4v) is 6.53. The Balaban J connectivity index is 1.26. The summed E-state index contributed by atoms with van der Waals surface area (Å²) in [5.74, 6) is 0.454. The summed E-state index contributed by atoms with van der Waals surface area (Å²) in [5.41, 5.74) is 3.07. The van der Waals surface area contributed by atoms with Crippen LogP contribution in [0.25, 0.3) is 11.2 Å². The molecule has 218 valence electrons. The van der Waals surface area contributed by atoms with Crippen LogP contribution in [0.15, 0.2) is 30.5 Å². The first kappa shape index (κ1) is 27.4. The minimum atomic E-state index is -0.567. The van der Waals surface area contributed by atoms with Crippen molar-refractivity contribution in [1.29, 1.82) is 0 Å². The molecule has 3 aliphatic rings. The third-order valence-corrected chi connectivity index (χ3v) is 8.53. The predicted molar refractivity (Wildman–Crippen MR) is 154 cm³/mol. The highest BCUT2D eigenvalue weighted by molar-refractivity contribution is 6.02. The number of carbonyl (C=O) groups is 2.